The first-order chi connectivity index (χ1) is 8.08. The molecule has 1 atom stereocenters. The lowest BCUT2D eigenvalue weighted by Crippen LogP contribution is -2.41. The van der Waals surface area contributed by atoms with Crippen LogP contribution in [0.4, 0.5) is 11.4 Å². The SMILES string of the molecule is CC1CC(=O)CCN1c1cccc(N(C)C)c1. The molecular formula is C14H20N2O. The van der Waals surface area contributed by atoms with E-state index in [9.17, 15) is 4.79 Å². The summed E-state index contributed by atoms with van der Waals surface area (Å²) in [6.07, 6.45) is 1.35. The highest BCUT2D eigenvalue weighted by Gasteiger charge is 2.23. The van der Waals surface area contributed by atoms with Crippen molar-refractivity contribution in [3.05, 3.63) is 24.3 Å². The number of benzene rings is 1. The van der Waals surface area contributed by atoms with Gasteiger partial charge >= 0.3 is 0 Å². The maximum Gasteiger partial charge on any atom is 0.136 e. The van der Waals surface area contributed by atoms with E-state index in [4.69, 9.17) is 0 Å². The number of hydrogen-bond donors (Lipinski definition) is 0. The Hall–Kier alpha value is -1.51. The maximum atomic E-state index is 11.4. The zero-order valence-corrected chi connectivity index (χ0v) is 10.8. The van der Waals surface area contributed by atoms with E-state index in [-0.39, 0.29) is 0 Å². The van der Waals surface area contributed by atoms with Gasteiger partial charge in [-0.15, -0.1) is 0 Å². The van der Waals surface area contributed by atoms with Crippen molar-refractivity contribution in [3.63, 3.8) is 0 Å². The minimum Gasteiger partial charge on any atom is -0.378 e. The van der Waals surface area contributed by atoms with Crippen LogP contribution < -0.4 is 9.80 Å². The van der Waals surface area contributed by atoms with Crippen molar-refractivity contribution in [1.82, 2.24) is 0 Å². The van der Waals surface area contributed by atoms with Crippen LogP contribution in [0.15, 0.2) is 24.3 Å². The highest BCUT2D eigenvalue weighted by molar-refractivity contribution is 5.81. The van der Waals surface area contributed by atoms with E-state index in [0.29, 0.717) is 24.7 Å². The maximum absolute atomic E-state index is 11.4. The quantitative estimate of drug-likeness (QED) is 0.781. The van der Waals surface area contributed by atoms with Crippen LogP contribution in [-0.4, -0.2) is 32.5 Å². The Morgan fingerprint density at radius 2 is 2.12 bits per heavy atom. The molecule has 1 unspecified atom stereocenters. The van der Waals surface area contributed by atoms with E-state index < -0.39 is 0 Å². The van der Waals surface area contributed by atoms with Gasteiger partial charge in [0.05, 0.1) is 0 Å². The summed E-state index contributed by atoms with van der Waals surface area (Å²) in [6, 6.07) is 8.80. The third kappa shape index (κ3) is 2.60. The van der Waals surface area contributed by atoms with Gasteiger partial charge in [0.2, 0.25) is 0 Å². The molecule has 1 fully saturated rings. The smallest absolute Gasteiger partial charge is 0.136 e. The zero-order valence-electron chi connectivity index (χ0n) is 10.8. The molecule has 1 aromatic carbocycles. The van der Waals surface area contributed by atoms with Gasteiger partial charge in [-0.2, -0.15) is 0 Å². The molecule has 1 heterocycles. The van der Waals surface area contributed by atoms with Crippen molar-refractivity contribution in [1.29, 1.82) is 0 Å². The van der Waals surface area contributed by atoms with Crippen LogP contribution in [0, 0.1) is 0 Å². The molecule has 0 saturated carbocycles. The van der Waals surface area contributed by atoms with Crippen molar-refractivity contribution in [2.24, 2.45) is 0 Å². The highest BCUT2D eigenvalue weighted by atomic mass is 16.1. The van der Waals surface area contributed by atoms with Crippen LogP contribution in [0.3, 0.4) is 0 Å². The van der Waals surface area contributed by atoms with Gasteiger partial charge in [-0.1, -0.05) is 6.07 Å². The summed E-state index contributed by atoms with van der Waals surface area (Å²) < 4.78 is 0. The van der Waals surface area contributed by atoms with E-state index in [1.54, 1.807) is 0 Å². The second-order valence-electron chi connectivity index (χ2n) is 4.95. The first-order valence-corrected chi connectivity index (χ1v) is 6.13. The first kappa shape index (κ1) is 12.0. The van der Waals surface area contributed by atoms with Gasteiger partial charge in [-0.25, -0.2) is 0 Å². The summed E-state index contributed by atoms with van der Waals surface area (Å²) in [5, 5.41) is 0. The normalized spacial score (nSPS) is 20.5. The Balaban J connectivity index is 2.21. The third-order valence-corrected chi connectivity index (χ3v) is 3.36. The predicted octanol–water partition coefficient (Wildman–Crippen LogP) is 2.31. The van der Waals surface area contributed by atoms with E-state index in [1.165, 1.54) is 11.4 Å². The Morgan fingerprint density at radius 3 is 2.76 bits per heavy atom. The number of ketones is 1. The fraction of sp³-hybridized carbons (Fsp3) is 0.500. The lowest BCUT2D eigenvalue weighted by molar-refractivity contribution is -0.120. The molecule has 1 saturated heterocycles. The molecule has 0 N–H and O–H groups in total. The first-order valence-electron chi connectivity index (χ1n) is 6.13. The summed E-state index contributed by atoms with van der Waals surface area (Å²) in [5.74, 6) is 0.387. The van der Waals surface area contributed by atoms with E-state index in [1.807, 2.05) is 14.1 Å². The summed E-state index contributed by atoms with van der Waals surface area (Å²) in [4.78, 5) is 15.8. The van der Waals surface area contributed by atoms with Crippen LogP contribution >= 0.6 is 0 Å². The van der Waals surface area contributed by atoms with Gasteiger partial charge in [-0.3, -0.25) is 4.79 Å². The van der Waals surface area contributed by atoms with E-state index in [0.717, 1.165) is 6.54 Å². The van der Waals surface area contributed by atoms with Crippen molar-refractivity contribution in [2.75, 3.05) is 30.4 Å². The summed E-state index contributed by atoms with van der Waals surface area (Å²) in [7, 11) is 4.09. The van der Waals surface area contributed by atoms with Crippen LogP contribution in [0.2, 0.25) is 0 Å². The monoisotopic (exact) mass is 232 g/mol. The van der Waals surface area contributed by atoms with Gasteiger partial charge in [0.25, 0.3) is 0 Å². The van der Waals surface area contributed by atoms with Gasteiger partial charge in [0.15, 0.2) is 0 Å². The number of rotatable bonds is 2. The van der Waals surface area contributed by atoms with Crippen LogP contribution in [-0.2, 0) is 4.79 Å². The lowest BCUT2D eigenvalue weighted by Gasteiger charge is -2.35. The third-order valence-electron chi connectivity index (χ3n) is 3.36. The Bertz CT molecular complexity index is 414. The topological polar surface area (TPSA) is 23.6 Å². The molecule has 0 amide bonds. The van der Waals surface area contributed by atoms with Crippen molar-refractivity contribution in [2.45, 2.75) is 25.8 Å². The molecule has 0 spiro atoms. The highest BCUT2D eigenvalue weighted by Crippen LogP contribution is 2.26. The van der Waals surface area contributed by atoms with Crippen molar-refractivity contribution < 1.29 is 4.79 Å². The van der Waals surface area contributed by atoms with Crippen molar-refractivity contribution in [3.8, 4) is 0 Å². The summed E-state index contributed by atoms with van der Waals surface area (Å²) in [6.45, 7) is 2.97. The fourth-order valence-electron chi connectivity index (χ4n) is 2.34. The number of carbonyl (C=O) groups is 1. The molecule has 2 rings (SSSR count). The molecule has 1 aliphatic heterocycles. The second-order valence-corrected chi connectivity index (χ2v) is 4.95. The summed E-state index contributed by atoms with van der Waals surface area (Å²) >= 11 is 0. The molecule has 92 valence electrons. The molecule has 0 aliphatic carbocycles. The molecule has 3 heteroatoms. The van der Waals surface area contributed by atoms with Gasteiger partial charge in [0, 0.05) is 50.9 Å². The Labute approximate surface area is 103 Å². The standard InChI is InChI=1S/C14H20N2O/c1-11-9-14(17)7-8-16(11)13-6-4-5-12(10-13)15(2)3/h4-6,10-11H,7-9H2,1-3H3. The molecule has 0 bridgehead atoms. The number of piperidine rings is 1. The average Bonchev–Trinajstić information content (AvgIpc) is 2.29. The predicted molar refractivity (Wildman–Crippen MR) is 71.8 cm³/mol. The summed E-state index contributed by atoms with van der Waals surface area (Å²) in [5.41, 5.74) is 2.42. The van der Waals surface area contributed by atoms with Gasteiger partial charge in [-0.05, 0) is 25.1 Å². The largest absolute Gasteiger partial charge is 0.378 e. The fourth-order valence-corrected chi connectivity index (χ4v) is 2.34. The molecule has 3 nitrogen and oxygen atoms in total. The van der Waals surface area contributed by atoms with Gasteiger partial charge < -0.3 is 9.80 Å². The number of hydrogen-bond acceptors (Lipinski definition) is 3. The molecule has 17 heavy (non-hydrogen) atoms. The Morgan fingerprint density at radius 1 is 1.35 bits per heavy atom. The molecule has 1 aromatic rings. The molecule has 0 aromatic heterocycles. The van der Waals surface area contributed by atoms with E-state index >= 15 is 0 Å². The van der Waals surface area contributed by atoms with Gasteiger partial charge in [0.1, 0.15) is 5.78 Å². The molecular weight excluding hydrogens is 212 g/mol. The second kappa shape index (κ2) is 4.78. The average molecular weight is 232 g/mol. The number of carbonyl (C=O) groups excluding carboxylic acids is 1. The minimum atomic E-state index is 0.314. The van der Waals surface area contributed by atoms with Crippen molar-refractivity contribution >= 4 is 17.2 Å². The number of nitrogens with zero attached hydrogens (tertiary/aromatic N) is 2. The minimum absolute atomic E-state index is 0.314. The van der Waals surface area contributed by atoms with Crippen LogP contribution in [0.5, 0.6) is 0 Å². The van der Waals surface area contributed by atoms with Crippen LogP contribution in [0.1, 0.15) is 19.8 Å². The Kier molecular flexibility index (Phi) is 3.36. The molecule has 1 aliphatic rings. The van der Waals surface area contributed by atoms with Crippen LogP contribution in [0.25, 0.3) is 0 Å². The zero-order chi connectivity index (χ0) is 12.4. The number of Topliss-reactive ketones (excluding diaryl/α,β-unsaturated/α-hetero) is 1. The molecule has 0 radical (unpaired) electrons. The van der Waals surface area contributed by atoms with E-state index in [2.05, 4.69) is 41.0 Å². The lowest BCUT2D eigenvalue weighted by atomic mass is 10.0. The number of anilines is 2.